The Kier molecular flexibility index (Phi) is 6.33. The van der Waals surface area contributed by atoms with Crippen LogP contribution in [0.3, 0.4) is 0 Å². The molecule has 2 aromatic rings. The molecule has 0 bridgehead atoms. The van der Waals surface area contributed by atoms with Crippen molar-refractivity contribution in [1.82, 2.24) is 0 Å². The molecule has 2 aromatic carbocycles. The molecule has 0 radical (unpaired) electrons. The third-order valence-corrected chi connectivity index (χ3v) is 4.05. The molecule has 0 heterocycles. The monoisotopic (exact) mass is 350 g/mol. The molecule has 6 heteroatoms. The Morgan fingerprint density at radius 2 is 1.64 bits per heavy atom. The number of benzene rings is 2. The lowest BCUT2D eigenvalue weighted by atomic mass is 9.92. The first-order chi connectivity index (χ1) is 12.0. The Bertz CT molecular complexity index is 746. The molecule has 0 saturated carbocycles. The van der Waals surface area contributed by atoms with E-state index in [1.165, 1.54) is 38.5 Å². The lowest BCUT2D eigenvalue weighted by molar-refractivity contribution is -0.139. The summed E-state index contributed by atoms with van der Waals surface area (Å²) >= 11 is 0. The normalized spacial score (nSPS) is 11.8. The van der Waals surface area contributed by atoms with E-state index < -0.39 is 23.5 Å². The number of aryl methyl sites for hydroxylation is 1. The van der Waals surface area contributed by atoms with Gasteiger partial charge in [0, 0.05) is 0 Å². The highest BCUT2D eigenvalue weighted by Gasteiger charge is 2.21. The van der Waals surface area contributed by atoms with Crippen LogP contribution in [0.5, 0.6) is 11.5 Å². The van der Waals surface area contributed by atoms with E-state index in [0.29, 0.717) is 24.8 Å². The van der Waals surface area contributed by atoms with Crippen LogP contribution in [0.15, 0.2) is 36.4 Å². The molecule has 4 nitrogen and oxygen atoms in total. The van der Waals surface area contributed by atoms with Crippen LogP contribution in [0.1, 0.15) is 29.9 Å². The Morgan fingerprint density at radius 1 is 1.04 bits per heavy atom. The van der Waals surface area contributed by atoms with E-state index in [9.17, 15) is 18.7 Å². The topological polar surface area (TPSA) is 55.8 Å². The van der Waals surface area contributed by atoms with Crippen molar-refractivity contribution in [2.45, 2.75) is 25.2 Å². The zero-order chi connectivity index (χ0) is 18.4. The molecule has 0 fully saturated rings. The number of carboxylic acid groups (broad SMARTS) is 1. The molecule has 134 valence electrons. The van der Waals surface area contributed by atoms with Crippen molar-refractivity contribution in [3.63, 3.8) is 0 Å². The second kappa shape index (κ2) is 8.46. The molecule has 0 spiro atoms. The predicted octanol–water partition coefficient (Wildman–Crippen LogP) is 4.17. The van der Waals surface area contributed by atoms with Crippen molar-refractivity contribution in [2.75, 3.05) is 14.2 Å². The Hall–Kier alpha value is -2.63. The number of hydrogen-bond acceptors (Lipinski definition) is 3. The van der Waals surface area contributed by atoms with Gasteiger partial charge in [-0.2, -0.15) is 0 Å². The molecule has 0 aliphatic carbocycles. The maximum Gasteiger partial charge on any atom is 0.310 e. The van der Waals surface area contributed by atoms with Gasteiger partial charge in [-0.25, -0.2) is 8.78 Å². The van der Waals surface area contributed by atoms with Gasteiger partial charge >= 0.3 is 5.97 Å². The summed E-state index contributed by atoms with van der Waals surface area (Å²) in [6, 6.07) is 8.65. The van der Waals surface area contributed by atoms with Crippen molar-refractivity contribution in [1.29, 1.82) is 0 Å². The van der Waals surface area contributed by atoms with Gasteiger partial charge in [-0.3, -0.25) is 4.79 Å². The number of ether oxygens (including phenoxy) is 2. The van der Waals surface area contributed by atoms with Gasteiger partial charge in [-0.05, 0) is 54.7 Å². The number of carboxylic acids is 1. The predicted molar refractivity (Wildman–Crippen MR) is 89.2 cm³/mol. The van der Waals surface area contributed by atoms with Crippen molar-refractivity contribution in [2.24, 2.45) is 0 Å². The fourth-order valence-electron chi connectivity index (χ4n) is 2.70. The quantitative estimate of drug-likeness (QED) is 0.776. The zero-order valence-electron chi connectivity index (χ0n) is 14.1. The van der Waals surface area contributed by atoms with E-state index in [0.717, 1.165) is 5.56 Å². The second-order valence-corrected chi connectivity index (χ2v) is 5.65. The van der Waals surface area contributed by atoms with Crippen LogP contribution in [0.4, 0.5) is 8.78 Å². The molecule has 0 aliphatic heterocycles. The standard InChI is InChI=1S/C19H20F2O4/c1-24-17-10-12(6-8-15(17)20)4-3-5-14(19(22)23)13-7-9-16(21)18(11-13)25-2/h6-11,14H,3-5H2,1-2H3,(H,22,23). The number of carbonyl (C=O) groups is 1. The molecular weight excluding hydrogens is 330 g/mol. The van der Waals surface area contributed by atoms with Crippen LogP contribution in [0, 0.1) is 11.6 Å². The average molecular weight is 350 g/mol. The first-order valence-corrected chi connectivity index (χ1v) is 7.85. The highest BCUT2D eigenvalue weighted by atomic mass is 19.1. The van der Waals surface area contributed by atoms with Crippen molar-refractivity contribution >= 4 is 5.97 Å². The molecule has 1 unspecified atom stereocenters. The Labute approximate surface area is 145 Å². The summed E-state index contributed by atoms with van der Waals surface area (Å²) in [7, 11) is 2.73. The highest BCUT2D eigenvalue weighted by Crippen LogP contribution is 2.28. The summed E-state index contributed by atoms with van der Waals surface area (Å²) in [4.78, 5) is 11.6. The van der Waals surface area contributed by atoms with Crippen LogP contribution in [0.25, 0.3) is 0 Å². The average Bonchev–Trinajstić information content (AvgIpc) is 2.60. The van der Waals surface area contributed by atoms with E-state index >= 15 is 0 Å². The van der Waals surface area contributed by atoms with Crippen molar-refractivity contribution in [3.05, 3.63) is 59.2 Å². The number of hydrogen-bond donors (Lipinski definition) is 1. The fraction of sp³-hybridized carbons (Fsp3) is 0.316. The summed E-state index contributed by atoms with van der Waals surface area (Å²) < 4.78 is 36.8. The van der Waals surface area contributed by atoms with E-state index in [1.807, 2.05) is 0 Å². The third-order valence-electron chi connectivity index (χ3n) is 4.05. The molecule has 2 rings (SSSR count). The van der Waals surface area contributed by atoms with Crippen LogP contribution in [-0.4, -0.2) is 25.3 Å². The van der Waals surface area contributed by atoms with Gasteiger partial charge in [-0.1, -0.05) is 12.1 Å². The van der Waals surface area contributed by atoms with Crippen LogP contribution >= 0.6 is 0 Å². The summed E-state index contributed by atoms with van der Waals surface area (Å²) in [6.07, 6.45) is 1.52. The first kappa shape index (κ1) is 18.7. The Morgan fingerprint density at radius 3 is 2.24 bits per heavy atom. The summed E-state index contributed by atoms with van der Waals surface area (Å²) in [5.74, 6) is -2.54. The minimum absolute atomic E-state index is 0.0204. The first-order valence-electron chi connectivity index (χ1n) is 7.85. The number of methoxy groups -OCH3 is 2. The molecule has 25 heavy (non-hydrogen) atoms. The van der Waals surface area contributed by atoms with Gasteiger partial charge in [0.2, 0.25) is 0 Å². The molecule has 1 N–H and O–H groups in total. The van der Waals surface area contributed by atoms with E-state index in [1.54, 1.807) is 12.1 Å². The largest absolute Gasteiger partial charge is 0.494 e. The summed E-state index contributed by atoms with van der Waals surface area (Å²) in [5, 5.41) is 9.47. The van der Waals surface area contributed by atoms with E-state index in [2.05, 4.69) is 0 Å². The van der Waals surface area contributed by atoms with Crippen molar-refractivity contribution in [3.8, 4) is 11.5 Å². The van der Waals surface area contributed by atoms with Gasteiger partial charge < -0.3 is 14.6 Å². The Balaban J connectivity index is 2.06. The maximum atomic E-state index is 13.5. The van der Waals surface area contributed by atoms with Crippen molar-refractivity contribution < 1.29 is 28.2 Å². The van der Waals surface area contributed by atoms with Gasteiger partial charge in [0.15, 0.2) is 23.1 Å². The number of rotatable bonds is 8. The van der Waals surface area contributed by atoms with Crippen LogP contribution in [-0.2, 0) is 11.2 Å². The number of aliphatic carboxylic acids is 1. The second-order valence-electron chi connectivity index (χ2n) is 5.65. The fourth-order valence-corrected chi connectivity index (χ4v) is 2.70. The van der Waals surface area contributed by atoms with Gasteiger partial charge in [0.05, 0.1) is 20.1 Å². The van der Waals surface area contributed by atoms with E-state index in [-0.39, 0.29) is 11.5 Å². The molecule has 0 saturated heterocycles. The van der Waals surface area contributed by atoms with Crippen LogP contribution < -0.4 is 9.47 Å². The SMILES string of the molecule is COc1cc(CCCC(C(=O)O)c2ccc(F)c(OC)c2)ccc1F. The smallest absolute Gasteiger partial charge is 0.310 e. The molecular formula is C19H20F2O4. The lowest BCUT2D eigenvalue weighted by Crippen LogP contribution is -2.12. The molecule has 1 atom stereocenters. The van der Waals surface area contributed by atoms with E-state index in [4.69, 9.17) is 9.47 Å². The minimum Gasteiger partial charge on any atom is -0.494 e. The minimum atomic E-state index is -0.981. The summed E-state index contributed by atoms with van der Waals surface area (Å²) in [5.41, 5.74) is 1.35. The third kappa shape index (κ3) is 4.68. The highest BCUT2D eigenvalue weighted by molar-refractivity contribution is 5.76. The summed E-state index contributed by atoms with van der Waals surface area (Å²) in [6.45, 7) is 0. The maximum absolute atomic E-state index is 13.5. The number of halogens is 2. The van der Waals surface area contributed by atoms with Crippen LogP contribution in [0.2, 0.25) is 0 Å². The molecule has 0 amide bonds. The zero-order valence-corrected chi connectivity index (χ0v) is 14.1. The van der Waals surface area contributed by atoms with Gasteiger partial charge in [0.25, 0.3) is 0 Å². The lowest BCUT2D eigenvalue weighted by Gasteiger charge is -2.14. The van der Waals surface area contributed by atoms with Gasteiger partial charge in [0.1, 0.15) is 0 Å². The van der Waals surface area contributed by atoms with Gasteiger partial charge in [-0.15, -0.1) is 0 Å². The molecule has 0 aliphatic rings. The molecule has 0 aromatic heterocycles.